The maximum absolute atomic E-state index is 13.7. The van der Waals surface area contributed by atoms with E-state index < -0.39 is 12.2 Å². The van der Waals surface area contributed by atoms with Crippen LogP contribution in [0.3, 0.4) is 0 Å². The Bertz CT molecular complexity index is 1230. The zero-order valence-electron chi connectivity index (χ0n) is 19.0. The van der Waals surface area contributed by atoms with Crippen molar-refractivity contribution in [1.82, 2.24) is 15.3 Å². The predicted molar refractivity (Wildman–Crippen MR) is 130 cm³/mol. The lowest BCUT2D eigenvalue weighted by Crippen LogP contribution is -2.51. The number of fused-ring (bicyclic) bond motifs is 1. The highest BCUT2D eigenvalue weighted by Gasteiger charge is 2.52. The minimum atomic E-state index is -0.790. The molecule has 0 radical (unpaired) electrons. The molecule has 3 heterocycles. The molecule has 5 rings (SSSR count). The Hall–Kier alpha value is -4.20. The van der Waals surface area contributed by atoms with E-state index in [0.717, 1.165) is 0 Å². The molecule has 178 valence electrons. The number of likely N-dealkylation sites (tertiary alicyclic amines) is 1. The van der Waals surface area contributed by atoms with Gasteiger partial charge in [0, 0.05) is 18.8 Å². The standard InChI is InChI=1S/C25H24N6O4/c1-2-6-21(32)29-14-13-18(15-29)31-24-22(23(28-34)26-16-27-24)30(25(31)33)17-9-11-20(12-10-17)35-19-7-4-3-5-8-19/h3-5,7-12,16,18,22-23,28,34H,13-15H2,1H3/t18?,22-,23?/m1/s1. The van der Waals surface area contributed by atoms with E-state index in [1.807, 2.05) is 30.3 Å². The van der Waals surface area contributed by atoms with Crippen LogP contribution < -0.4 is 15.1 Å². The van der Waals surface area contributed by atoms with E-state index in [1.165, 1.54) is 6.34 Å². The molecule has 0 bridgehead atoms. The molecule has 10 nitrogen and oxygen atoms in total. The summed E-state index contributed by atoms with van der Waals surface area (Å²) in [6, 6.07) is 15.3. The molecule has 3 amide bonds. The molecule has 10 heteroatoms. The Morgan fingerprint density at radius 2 is 1.86 bits per heavy atom. The average Bonchev–Trinajstić information content (AvgIpc) is 3.47. The molecule has 0 spiro atoms. The van der Waals surface area contributed by atoms with Crippen LogP contribution in [0, 0.1) is 11.8 Å². The predicted octanol–water partition coefficient (Wildman–Crippen LogP) is 2.46. The number of amides is 3. The van der Waals surface area contributed by atoms with Crippen LogP contribution in [0.4, 0.5) is 10.5 Å². The lowest BCUT2D eigenvalue weighted by Gasteiger charge is -2.28. The average molecular weight is 473 g/mol. The minimum absolute atomic E-state index is 0.258. The summed E-state index contributed by atoms with van der Waals surface area (Å²) in [6.45, 7) is 2.48. The van der Waals surface area contributed by atoms with E-state index in [2.05, 4.69) is 27.3 Å². The van der Waals surface area contributed by atoms with Crippen molar-refractivity contribution in [2.45, 2.75) is 31.6 Å². The van der Waals surface area contributed by atoms with Gasteiger partial charge in [-0.25, -0.2) is 14.8 Å². The molecule has 2 aromatic rings. The number of rotatable bonds is 5. The Kier molecular flexibility index (Phi) is 6.18. The molecule has 3 atom stereocenters. The Labute approximate surface area is 202 Å². The number of aliphatic imine (C=N–C) groups is 2. The second-order valence-corrected chi connectivity index (χ2v) is 8.27. The highest BCUT2D eigenvalue weighted by Crippen LogP contribution is 2.34. The third kappa shape index (κ3) is 4.23. The van der Waals surface area contributed by atoms with E-state index in [9.17, 15) is 14.8 Å². The number of benzene rings is 2. The summed E-state index contributed by atoms with van der Waals surface area (Å²) in [5.41, 5.74) is 2.79. The third-order valence-corrected chi connectivity index (χ3v) is 6.19. The van der Waals surface area contributed by atoms with Crippen molar-refractivity contribution in [3.8, 4) is 23.3 Å². The first-order chi connectivity index (χ1) is 17.1. The van der Waals surface area contributed by atoms with Crippen molar-refractivity contribution in [1.29, 1.82) is 0 Å². The number of hydrogen-bond acceptors (Lipinski definition) is 7. The molecule has 3 aliphatic heterocycles. The minimum Gasteiger partial charge on any atom is -0.457 e. The summed E-state index contributed by atoms with van der Waals surface area (Å²) < 4.78 is 5.87. The number of hydrogen-bond donors (Lipinski definition) is 2. The largest absolute Gasteiger partial charge is 0.457 e. The van der Waals surface area contributed by atoms with E-state index in [-0.39, 0.29) is 18.0 Å². The van der Waals surface area contributed by atoms with E-state index in [1.54, 1.807) is 45.9 Å². The number of nitrogens with zero attached hydrogens (tertiary/aromatic N) is 5. The molecule has 0 aromatic heterocycles. The first-order valence-corrected chi connectivity index (χ1v) is 11.3. The maximum Gasteiger partial charge on any atom is 0.331 e. The molecule has 2 unspecified atom stereocenters. The molecule has 35 heavy (non-hydrogen) atoms. The fourth-order valence-corrected chi connectivity index (χ4v) is 4.60. The van der Waals surface area contributed by atoms with Gasteiger partial charge in [0.15, 0.2) is 6.17 Å². The Morgan fingerprint density at radius 3 is 2.57 bits per heavy atom. The summed E-state index contributed by atoms with van der Waals surface area (Å²) in [7, 11) is 0. The van der Waals surface area contributed by atoms with Crippen molar-refractivity contribution in [2.75, 3.05) is 18.0 Å². The van der Waals surface area contributed by atoms with Crippen LogP contribution in [0.2, 0.25) is 0 Å². The first kappa shape index (κ1) is 22.6. The van der Waals surface area contributed by atoms with Crippen LogP contribution in [0.15, 0.2) is 64.6 Å². The van der Waals surface area contributed by atoms with Crippen LogP contribution in [-0.2, 0) is 4.79 Å². The van der Waals surface area contributed by atoms with Gasteiger partial charge in [-0.05, 0) is 55.7 Å². The SMILES string of the molecule is CC#CC(=O)N1CCC(N2C(=O)N(c3ccc(Oc4ccccc4)cc3)[C@H]3C2=NC=NC3NO)C1. The maximum atomic E-state index is 13.7. The van der Waals surface area contributed by atoms with Crippen molar-refractivity contribution < 1.29 is 19.5 Å². The summed E-state index contributed by atoms with van der Waals surface area (Å²) in [6.07, 6.45) is 1.14. The van der Waals surface area contributed by atoms with Gasteiger partial charge in [0.2, 0.25) is 0 Å². The molecule has 0 saturated carbocycles. The number of ether oxygens (including phenoxy) is 1. The smallest absolute Gasteiger partial charge is 0.331 e. The highest BCUT2D eigenvalue weighted by molar-refractivity contribution is 6.18. The Morgan fingerprint density at radius 1 is 1.11 bits per heavy atom. The lowest BCUT2D eigenvalue weighted by molar-refractivity contribution is -0.124. The molecular weight excluding hydrogens is 448 g/mol. The summed E-state index contributed by atoms with van der Waals surface area (Å²) in [4.78, 5) is 39.4. The van der Waals surface area contributed by atoms with Gasteiger partial charge < -0.3 is 14.8 Å². The number of hydroxylamine groups is 1. The molecule has 2 N–H and O–H groups in total. The van der Waals surface area contributed by atoms with Crippen LogP contribution in [-0.4, -0.2) is 70.5 Å². The van der Waals surface area contributed by atoms with Gasteiger partial charge in [0.05, 0.1) is 6.04 Å². The molecular formula is C25H24N6O4. The normalized spacial score (nSPS) is 23.0. The van der Waals surface area contributed by atoms with Gasteiger partial charge in [-0.3, -0.25) is 14.6 Å². The fourth-order valence-electron chi connectivity index (χ4n) is 4.60. The number of nitrogens with one attached hydrogen (secondary N) is 1. The van der Waals surface area contributed by atoms with Gasteiger partial charge in [0.25, 0.3) is 5.91 Å². The zero-order chi connectivity index (χ0) is 24.4. The number of carbonyl (C=O) groups excluding carboxylic acids is 2. The van der Waals surface area contributed by atoms with Crippen molar-refractivity contribution >= 4 is 29.8 Å². The summed E-state index contributed by atoms with van der Waals surface area (Å²) >= 11 is 0. The van der Waals surface area contributed by atoms with Crippen molar-refractivity contribution in [3.63, 3.8) is 0 Å². The number of urea groups is 1. The molecule has 2 saturated heterocycles. The zero-order valence-corrected chi connectivity index (χ0v) is 19.0. The van der Waals surface area contributed by atoms with Crippen LogP contribution in [0.25, 0.3) is 0 Å². The van der Waals surface area contributed by atoms with Crippen LogP contribution in [0.5, 0.6) is 11.5 Å². The quantitative estimate of drug-likeness (QED) is 0.513. The monoisotopic (exact) mass is 472 g/mol. The second kappa shape index (κ2) is 9.58. The topological polar surface area (TPSA) is 110 Å². The van der Waals surface area contributed by atoms with Crippen LogP contribution >= 0.6 is 0 Å². The van der Waals surface area contributed by atoms with Gasteiger partial charge in [-0.1, -0.05) is 24.1 Å². The lowest BCUT2D eigenvalue weighted by atomic mass is 10.1. The fraction of sp³-hybridized carbons (Fsp3) is 0.280. The third-order valence-electron chi connectivity index (χ3n) is 6.19. The summed E-state index contributed by atoms with van der Waals surface area (Å²) in [5.74, 6) is 6.73. The number of para-hydroxylation sites is 1. The van der Waals surface area contributed by atoms with E-state index >= 15 is 0 Å². The molecule has 2 fully saturated rings. The second-order valence-electron chi connectivity index (χ2n) is 8.27. The molecule has 0 aliphatic carbocycles. The number of amidine groups is 1. The van der Waals surface area contributed by atoms with Crippen LogP contribution in [0.1, 0.15) is 13.3 Å². The Balaban J connectivity index is 1.42. The molecule has 3 aliphatic rings. The van der Waals surface area contributed by atoms with Gasteiger partial charge in [-0.2, -0.15) is 5.48 Å². The first-order valence-electron chi connectivity index (χ1n) is 11.3. The van der Waals surface area contributed by atoms with Gasteiger partial charge in [-0.15, -0.1) is 0 Å². The van der Waals surface area contributed by atoms with Crippen molar-refractivity contribution in [3.05, 3.63) is 54.6 Å². The van der Waals surface area contributed by atoms with E-state index in [0.29, 0.717) is 42.5 Å². The number of carbonyl (C=O) groups is 2. The summed E-state index contributed by atoms with van der Waals surface area (Å²) in [5, 5.41) is 9.76. The van der Waals surface area contributed by atoms with Gasteiger partial charge >= 0.3 is 6.03 Å². The highest BCUT2D eigenvalue weighted by atomic mass is 16.5. The van der Waals surface area contributed by atoms with E-state index in [4.69, 9.17) is 4.74 Å². The van der Waals surface area contributed by atoms with Gasteiger partial charge in [0.1, 0.15) is 29.7 Å². The molecule has 2 aromatic carbocycles. The number of anilines is 1. The van der Waals surface area contributed by atoms with Crippen molar-refractivity contribution in [2.24, 2.45) is 9.98 Å².